The van der Waals surface area contributed by atoms with Crippen molar-refractivity contribution in [1.82, 2.24) is 24.6 Å². The molecule has 0 amide bonds. The van der Waals surface area contributed by atoms with Gasteiger partial charge in [0.2, 0.25) is 10.1 Å². The molecule has 3 aromatic heterocycles. The molecule has 8 nitrogen and oxygen atoms in total. The van der Waals surface area contributed by atoms with Crippen molar-refractivity contribution in [2.24, 2.45) is 0 Å². The molecule has 0 aliphatic carbocycles. The van der Waals surface area contributed by atoms with E-state index in [2.05, 4.69) is 35.6 Å². The van der Waals surface area contributed by atoms with E-state index in [0.717, 1.165) is 46.9 Å². The largest absolute Gasteiger partial charge is 0.373 e. The minimum absolute atomic E-state index is 0.405. The number of nitrogens with zero attached hydrogens (tertiary/aromatic N) is 6. The second-order valence-corrected chi connectivity index (χ2v) is 6.85. The van der Waals surface area contributed by atoms with Crippen LogP contribution in [0.2, 0.25) is 0 Å². The molecule has 9 heteroatoms. The fourth-order valence-corrected chi connectivity index (χ4v) is 3.91. The molecule has 1 aliphatic rings. The van der Waals surface area contributed by atoms with Crippen LogP contribution in [0.5, 0.6) is 0 Å². The Morgan fingerprint density at radius 3 is 3.12 bits per heavy atom. The second-order valence-electron chi connectivity index (χ2n) is 5.90. The van der Waals surface area contributed by atoms with E-state index in [1.165, 1.54) is 6.42 Å². The maximum atomic E-state index is 4.53. The van der Waals surface area contributed by atoms with Crippen molar-refractivity contribution in [3.05, 3.63) is 24.3 Å². The summed E-state index contributed by atoms with van der Waals surface area (Å²) < 4.78 is 1.83. The highest BCUT2D eigenvalue weighted by atomic mass is 32.1. The normalized spacial score (nSPS) is 17.6. The van der Waals surface area contributed by atoms with Crippen molar-refractivity contribution >= 4 is 33.1 Å². The van der Waals surface area contributed by atoms with Gasteiger partial charge in [-0.25, -0.2) is 19.5 Å². The third kappa shape index (κ3) is 2.86. The van der Waals surface area contributed by atoms with Crippen LogP contribution in [0.4, 0.5) is 16.8 Å². The molecule has 0 aromatic carbocycles. The van der Waals surface area contributed by atoms with Gasteiger partial charge in [-0.05, 0) is 19.8 Å². The van der Waals surface area contributed by atoms with E-state index < -0.39 is 0 Å². The van der Waals surface area contributed by atoms with Gasteiger partial charge in [-0.2, -0.15) is 0 Å². The summed E-state index contributed by atoms with van der Waals surface area (Å²) in [6.07, 6.45) is 5.88. The van der Waals surface area contributed by atoms with Crippen LogP contribution in [-0.2, 0) is 0 Å². The van der Waals surface area contributed by atoms with Gasteiger partial charge in [0, 0.05) is 32.2 Å². The van der Waals surface area contributed by atoms with Gasteiger partial charge in [0.25, 0.3) is 0 Å². The van der Waals surface area contributed by atoms with E-state index in [9.17, 15) is 0 Å². The Morgan fingerprint density at radius 2 is 2.29 bits per heavy atom. The molecule has 0 spiro atoms. The van der Waals surface area contributed by atoms with E-state index >= 15 is 0 Å². The van der Waals surface area contributed by atoms with Crippen molar-refractivity contribution in [2.45, 2.75) is 25.8 Å². The molecule has 0 bridgehead atoms. The smallest absolute Gasteiger partial charge is 0.214 e. The quantitative estimate of drug-likeness (QED) is 0.732. The van der Waals surface area contributed by atoms with Crippen molar-refractivity contribution in [3.63, 3.8) is 0 Å². The zero-order valence-corrected chi connectivity index (χ0v) is 14.5. The average Bonchev–Trinajstić information content (AvgIpc) is 3.27. The third-order valence-electron chi connectivity index (χ3n) is 4.23. The van der Waals surface area contributed by atoms with Crippen molar-refractivity contribution in [1.29, 1.82) is 0 Å². The second kappa shape index (κ2) is 6.23. The van der Waals surface area contributed by atoms with E-state index in [1.54, 1.807) is 17.7 Å². The number of anilines is 3. The molecule has 3 aromatic rings. The minimum Gasteiger partial charge on any atom is -0.373 e. The number of fused-ring (bicyclic) bond motifs is 1. The Labute approximate surface area is 144 Å². The predicted octanol–water partition coefficient (Wildman–Crippen LogP) is 2.01. The van der Waals surface area contributed by atoms with E-state index in [1.807, 2.05) is 30.8 Å². The molecule has 24 heavy (non-hydrogen) atoms. The average molecular weight is 344 g/mol. The Hall–Kier alpha value is -2.42. The molecular weight excluding hydrogens is 324 g/mol. The first kappa shape index (κ1) is 15.1. The van der Waals surface area contributed by atoms with Crippen molar-refractivity contribution in [2.75, 3.05) is 35.7 Å². The topological polar surface area (TPSA) is 83.3 Å². The van der Waals surface area contributed by atoms with Crippen LogP contribution in [0.3, 0.4) is 0 Å². The van der Waals surface area contributed by atoms with Gasteiger partial charge in [0.05, 0.1) is 11.9 Å². The monoisotopic (exact) mass is 344 g/mol. The van der Waals surface area contributed by atoms with Crippen molar-refractivity contribution < 1.29 is 0 Å². The fourth-order valence-electron chi connectivity index (χ4n) is 3.08. The molecular formula is C15H20N8S. The molecule has 2 N–H and O–H groups in total. The molecule has 1 fully saturated rings. The number of hydrogen-bond acceptors (Lipinski definition) is 8. The zero-order valence-electron chi connectivity index (χ0n) is 13.7. The van der Waals surface area contributed by atoms with Gasteiger partial charge >= 0.3 is 0 Å². The first-order valence-corrected chi connectivity index (χ1v) is 8.88. The standard InChI is InChI=1S/C15H20N8S/c1-10-8-23-15(20-10)24-14(21-23)17-7-11-4-3-5-22(11)13-6-12(16-2)18-9-19-13/h6,8-9,11H,3-5,7H2,1-2H3,(H,17,21)(H,16,18,19)/t11-/m0/s1. The minimum atomic E-state index is 0.405. The molecule has 1 atom stereocenters. The summed E-state index contributed by atoms with van der Waals surface area (Å²) >= 11 is 1.58. The number of aryl methyl sites for hydroxylation is 1. The first-order chi connectivity index (χ1) is 11.7. The summed E-state index contributed by atoms with van der Waals surface area (Å²) in [5.41, 5.74) is 0.992. The molecule has 4 heterocycles. The van der Waals surface area contributed by atoms with Gasteiger partial charge in [0.1, 0.15) is 18.0 Å². The van der Waals surface area contributed by atoms with Crippen LogP contribution < -0.4 is 15.5 Å². The number of aromatic nitrogens is 5. The lowest BCUT2D eigenvalue weighted by molar-refractivity contribution is 0.689. The Balaban J connectivity index is 1.45. The fraction of sp³-hybridized carbons (Fsp3) is 0.467. The summed E-state index contributed by atoms with van der Waals surface area (Å²) in [4.78, 5) is 16.3. The van der Waals surface area contributed by atoms with Crippen LogP contribution in [0.1, 0.15) is 18.5 Å². The molecule has 1 saturated heterocycles. The molecule has 4 rings (SSSR count). The Kier molecular flexibility index (Phi) is 3.93. The molecule has 0 radical (unpaired) electrons. The summed E-state index contributed by atoms with van der Waals surface area (Å²) in [7, 11) is 1.87. The molecule has 1 aliphatic heterocycles. The van der Waals surface area contributed by atoms with E-state index in [4.69, 9.17) is 0 Å². The summed E-state index contributed by atoms with van der Waals surface area (Å²) in [6, 6.07) is 2.40. The lowest BCUT2D eigenvalue weighted by Crippen LogP contribution is -2.35. The lowest BCUT2D eigenvalue weighted by Gasteiger charge is -2.25. The highest BCUT2D eigenvalue weighted by molar-refractivity contribution is 7.20. The van der Waals surface area contributed by atoms with Gasteiger partial charge in [-0.3, -0.25) is 0 Å². The third-order valence-corrected chi connectivity index (χ3v) is 5.11. The van der Waals surface area contributed by atoms with Crippen LogP contribution in [0.15, 0.2) is 18.6 Å². The van der Waals surface area contributed by atoms with E-state index in [0.29, 0.717) is 6.04 Å². The number of hydrogen-bond donors (Lipinski definition) is 2. The maximum absolute atomic E-state index is 4.53. The van der Waals surface area contributed by atoms with Gasteiger partial charge in [-0.15, -0.1) is 5.10 Å². The molecule has 0 saturated carbocycles. The zero-order chi connectivity index (χ0) is 16.5. The number of nitrogens with one attached hydrogen (secondary N) is 2. The number of imidazole rings is 1. The molecule has 0 unspecified atom stereocenters. The summed E-state index contributed by atoms with van der Waals surface area (Å²) in [5, 5.41) is 12.0. The molecule has 126 valence electrons. The van der Waals surface area contributed by atoms with Crippen molar-refractivity contribution in [3.8, 4) is 0 Å². The Morgan fingerprint density at radius 1 is 1.38 bits per heavy atom. The van der Waals surface area contributed by atoms with Crippen LogP contribution >= 0.6 is 11.3 Å². The van der Waals surface area contributed by atoms with Gasteiger partial charge in [-0.1, -0.05) is 11.3 Å². The Bertz CT molecular complexity index is 809. The first-order valence-electron chi connectivity index (χ1n) is 8.06. The SMILES string of the molecule is CNc1cc(N2CCC[C@H]2CNc2nn3cc(C)nc3s2)ncn1. The van der Waals surface area contributed by atoms with Gasteiger partial charge < -0.3 is 15.5 Å². The highest BCUT2D eigenvalue weighted by Gasteiger charge is 2.26. The number of rotatable bonds is 5. The van der Waals surface area contributed by atoms with Gasteiger partial charge in [0.15, 0.2) is 0 Å². The highest BCUT2D eigenvalue weighted by Crippen LogP contribution is 2.26. The maximum Gasteiger partial charge on any atom is 0.214 e. The lowest BCUT2D eigenvalue weighted by atomic mass is 10.2. The predicted molar refractivity (Wildman–Crippen MR) is 96.0 cm³/mol. The summed E-state index contributed by atoms with van der Waals surface area (Å²) in [6.45, 7) is 3.84. The van der Waals surface area contributed by atoms with E-state index in [-0.39, 0.29) is 0 Å². The summed E-state index contributed by atoms with van der Waals surface area (Å²) in [5.74, 6) is 1.82. The van der Waals surface area contributed by atoms with Crippen LogP contribution in [-0.4, -0.2) is 50.7 Å². The van der Waals surface area contributed by atoms with Crippen LogP contribution in [0.25, 0.3) is 4.96 Å². The van der Waals surface area contributed by atoms with Crippen LogP contribution in [0, 0.1) is 6.92 Å².